The molecule has 21 heavy (non-hydrogen) atoms. The van der Waals surface area contributed by atoms with Crippen molar-refractivity contribution >= 4 is 11.3 Å². The number of hydrogen-bond donors (Lipinski definition) is 1. The first-order valence-electron chi connectivity index (χ1n) is 7.42. The van der Waals surface area contributed by atoms with Crippen molar-refractivity contribution in [2.45, 2.75) is 39.7 Å². The number of ether oxygens (including phenoxy) is 1. The zero-order valence-electron chi connectivity index (χ0n) is 13.3. The first-order chi connectivity index (χ1) is 10.2. The van der Waals surface area contributed by atoms with E-state index >= 15 is 0 Å². The molecule has 0 radical (unpaired) electrons. The van der Waals surface area contributed by atoms with E-state index in [1.165, 1.54) is 16.0 Å². The summed E-state index contributed by atoms with van der Waals surface area (Å²) in [4.78, 5) is 5.72. The molecule has 2 aromatic rings. The summed E-state index contributed by atoms with van der Waals surface area (Å²) in [5, 5.41) is 3.65. The van der Waals surface area contributed by atoms with Crippen LogP contribution < -0.4 is 10.1 Å². The van der Waals surface area contributed by atoms with Crippen LogP contribution in [0.15, 0.2) is 23.7 Å². The number of methoxy groups -OCH3 is 1. The Balaban J connectivity index is 2.26. The van der Waals surface area contributed by atoms with Crippen LogP contribution in [0.2, 0.25) is 0 Å². The highest BCUT2D eigenvalue weighted by atomic mass is 32.1. The molecule has 0 aliphatic carbocycles. The number of nitrogens with one attached hydrogen (secondary N) is 1. The standard InChI is InChI=1S/C17H24N2OS/c1-5-8-18-15(17-13(3)19-11-21-17)10-14-9-12(2)6-7-16(14)20-4/h6-7,9,11,15,18H,5,8,10H2,1-4H3. The molecule has 1 aromatic carbocycles. The molecule has 0 spiro atoms. The van der Waals surface area contributed by atoms with Gasteiger partial charge in [-0.25, -0.2) is 4.98 Å². The van der Waals surface area contributed by atoms with Gasteiger partial charge in [0, 0.05) is 10.9 Å². The van der Waals surface area contributed by atoms with Gasteiger partial charge in [-0.05, 0) is 44.9 Å². The zero-order chi connectivity index (χ0) is 15.2. The molecule has 4 heteroatoms. The van der Waals surface area contributed by atoms with Gasteiger partial charge >= 0.3 is 0 Å². The molecule has 1 atom stereocenters. The molecule has 2 rings (SSSR count). The summed E-state index contributed by atoms with van der Waals surface area (Å²) in [6, 6.07) is 6.67. The number of aromatic nitrogens is 1. The molecule has 0 saturated heterocycles. The molecule has 1 unspecified atom stereocenters. The smallest absolute Gasteiger partial charge is 0.122 e. The average molecular weight is 304 g/mol. The molecule has 1 aromatic heterocycles. The van der Waals surface area contributed by atoms with Gasteiger partial charge in [0.2, 0.25) is 0 Å². The van der Waals surface area contributed by atoms with Crippen molar-refractivity contribution in [2.75, 3.05) is 13.7 Å². The Hall–Kier alpha value is -1.39. The highest BCUT2D eigenvalue weighted by Gasteiger charge is 2.18. The van der Waals surface area contributed by atoms with E-state index < -0.39 is 0 Å². The van der Waals surface area contributed by atoms with Crippen LogP contribution in [0.3, 0.4) is 0 Å². The molecule has 0 bridgehead atoms. The van der Waals surface area contributed by atoms with E-state index in [0.717, 1.165) is 30.8 Å². The van der Waals surface area contributed by atoms with Crippen molar-refractivity contribution < 1.29 is 4.74 Å². The maximum Gasteiger partial charge on any atom is 0.122 e. The van der Waals surface area contributed by atoms with Gasteiger partial charge in [-0.15, -0.1) is 11.3 Å². The maximum atomic E-state index is 5.51. The van der Waals surface area contributed by atoms with Crippen LogP contribution in [0.25, 0.3) is 0 Å². The summed E-state index contributed by atoms with van der Waals surface area (Å²) in [5.74, 6) is 0.964. The van der Waals surface area contributed by atoms with Crippen LogP contribution in [0.1, 0.15) is 41.1 Å². The predicted octanol–water partition coefficient (Wildman–Crippen LogP) is 4.05. The summed E-state index contributed by atoms with van der Waals surface area (Å²) in [7, 11) is 1.74. The van der Waals surface area contributed by atoms with Gasteiger partial charge in [-0.3, -0.25) is 0 Å². The molecule has 0 saturated carbocycles. The summed E-state index contributed by atoms with van der Waals surface area (Å²) in [6.45, 7) is 7.41. The number of hydrogen-bond acceptors (Lipinski definition) is 4. The summed E-state index contributed by atoms with van der Waals surface area (Å²) >= 11 is 1.73. The lowest BCUT2D eigenvalue weighted by Crippen LogP contribution is -2.24. The third-order valence-corrected chi connectivity index (χ3v) is 4.64. The van der Waals surface area contributed by atoms with Crippen LogP contribution in [-0.4, -0.2) is 18.6 Å². The van der Waals surface area contributed by atoms with E-state index in [1.54, 1.807) is 18.4 Å². The van der Waals surface area contributed by atoms with Gasteiger partial charge in [0.1, 0.15) is 5.75 Å². The Labute approximate surface area is 131 Å². The average Bonchev–Trinajstić information content (AvgIpc) is 2.90. The lowest BCUT2D eigenvalue weighted by atomic mass is 10.0. The minimum absolute atomic E-state index is 0.299. The monoisotopic (exact) mass is 304 g/mol. The van der Waals surface area contributed by atoms with Gasteiger partial charge in [0.25, 0.3) is 0 Å². The third-order valence-electron chi connectivity index (χ3n) is 3.60. The molecule has 0 fully saturated rings. The second-order valence-electron chi connectivity index (χ2n) is 5.33. The number of benzene rings is 1. The maximum absolute atomic E-state index is 5.51. The summed E-state index contributed by atoms with van der Waals surface area (Å²) < 4.78 is 5.51. The minimum atomic E-state index is 0.299. The van der Waals surface area contributed by atoms with Crippen molar-refractivity contribution in [3.05, 3.63) is 45.4 Å². The lowest BCUT2D eigenvalue weighted by Gasteiger charge is -2.19. The highest BCUT2D eigenvalue weighted by molar-refractivity contribution is 7.09. The van der Waals surface area contributed by atoms with E-state index in [2.05, 4.69) is 49.3 Å². The van der Waals surface area contributed by atoms with E-state index in [-0.39, 0.29) is 0 Å². The molecular weight excluding hydrogens is 280 g/mol. The van der Waals surface area contributed by atoms with Gasteiger partial charge in [-0.2, -0.15) is 0 Å². The topological polar surface area (TPSA) is 34.1 Å². The van der Waals surface area contributed by atoms with Crippen LogP contribution >= 0.6 is 11.3 Å². The number of nitrogens with zero attached hydrogens (tertiary/aromatic N) is 1. The summed E-state index contributed by atoms with van der Waals surface area (Å²) in [5.41, 5.74) is 5.57. The Kier molecular flexibility index (Phi) is 5.76. The molecule has 3 nitrogen and oxygen atoms in total. The second kappa shape index (κ2) is 7.57. The normalized spacial score (nSPS) is 12.4. The minimum Gasteiger partial charge on any atom is -0.496 e. The van der Waals surface area contributed by atoms with E-state index in [0.29, 0.717) is 6.04 Å². The Morgan fingerprint density at radius 2 is 2.14 bits per heavy atom. The van der Waals surface area contributed by atoms with Crippen molar-refractivity contribution in [1.29, 1.82) is 0 Å². The molecule has 114 valence electrons. The van der Waals surface area contributed by atoms with Gasteiger partial charge in [-0.1, -0.05) is 24.6 Å². The number of aryl methyl sites for hydroxylation is 2. The van der Waals surface area contributed by atoms with Gasteiger partial charge in [0.05, 0.1) is 18.3 Å². The Bertz CT molecular complexity index is 580. The Morgan fingerprint density at radius 1 is 1.33 bits per heavy atom. The van der Waals surface area contributed by atoms with E-state index in [1.807, 2.05) is 5.51 Å². The lowest BCUT2D eigenvalue weighted by molar-refractivity contribution is 0.405. The van der Waals surface area contributed by atoms with Gasteiger partial charge in [0.15, 0.2) is 0 Å². The van der Waals surface area contributed by atoms with Crippen LogP contribution in [0.4, 0.5) is 0 Å². The molecule has 0 amide bonds. The Morgan fingerprint density at radius 3 is 2.76 bits per heavy atom. The number of thiazole rings is 1. The second-order valence-corrected chi connectivity index (χ2v) is 6.21. The van der Waals surface area contributed by atoms with Crippen molar-refractivity contribution in [1.82, 2.24) is 10.3 Å². The highest BCUT2D eigenvalue weighted by Crippen LogP contribution is 2.29. The van der Waals surface area contributed by atoms with Crippen molar-refractivity contribution in [3.8, 4) is 5.75 Å². The van der Waals surface area contributed by atoms with Gasteiger partial charge < -0.3 is 10.1 Å². The van der Waals surface area contributed by atoms with Crippen molar-refractivity contribution in [2.24, 2.45) is 0 Å². The quantitative estimate of drug-likeness (QED) is 0.838. The fourth-order valence-corrected chi connectivity index (χ4v) is 3.39. The summed E-state index contributed by atoms with van der Waals surface area (Å²) in [6.07, 6.45) is 2.05. The predicted molar refractivity (Wildman–Crippen MR) is 89.3 cm³/mol. The molecule has 0 aliphatic rings. The largest absolute Gasteiger partial charge is 0.496 e. The first kappa shape index (κ1) is 16.0. The molecule has 0 aliphatic heterocycles. The van der Waals surface area contributed by atoms with Crippen molar-refractivity contribution in [3.63, 3.8) is 0 Å². The zero-order valence-corrected chi connectivity index (χ0v) is 14.1. The fourth-order valence-electron chi connectivity index (χ4n) is 2.51. The van der Waals surface area contributed by atoms with Crippen LogP contribution in [-0.2, 0) is 6.42 Å². The molecular formula is C17H24N2OS. The third kappa shape index (κ3) is 4.05. The molecule has 1 heterocycles. The fraction of sp³-hybridized carbons (Fsp3) is 0.471. The first-order valence-corrected chi connectivity index (χ1v) is 8.30. The van der Waals surface area contributed by atoms with Crippen LogP contribution in [0, 0.1) is 13.8 Å². The van der Waals surface area contributed by atoms with Crippen LogP contribution in [0.5, 0.6) is 5.75 Å². The van der Waals surface area contributed by atoms with E-state index in [4.69, 9.17) is 4.74 Å². The SMILES string of the molecule is CCCNC(Cc1cc(C)ccc1OC)c1scnc1C. The number of rotatable bonds is 7. The molecule has 1 N–H and O–H groups in total. The van der Waals surface area contributed by atoms with E-state index in [9.17, 15) is 0 Å².